The molecule has 2 N–H and O–H groups in total. The molecule has 0 radical (unpaired) electrons. The Bertz CT molecular complexity index is 1390. The van der Waals surface area contributed by atoms with E-state index in [0.717, 1.165) is 54.0 Å². The monoisotopic (exact) mass is 626 g/mol. The summed E-state index contributed by atoms with van der Waals surface area (Å²) in [4.78, 5) is 33.6. The minimum atomic E-state index is -0.343. The van der Waals surface area contributed by atoms with Crippen molar-refractivity contribution in [2.45, 2.75) is 83.6 Å². The van der Waals surface area contributed by atoms with Gasteiger partial charge in [-0.25, -0.2) is 4.79 Å². The molecule has 2 unspecified atom stereocenters. The maximum Gasteiger partial charge on any atom is 0.325 e. The highest BCUT2D eigenvalue weighted by atomic mass is 16.5. The van der Waals surface area contributed by atoms with E-state index in [4.69, 9.17) is 14.5 Å². The van der Waals surface area contributed by atoms with Gasteiger partial charge in [0.1, 0.15) is 5.75 Å². The van der Waals surface area contributed by atoms with Crippen LogP contribution in [0, 0.1) is 5.92 Å². The second-order valence-corrected chi connectivity index (χ2v) is 13.3. The van der Waals surface area contributed by atoms with Gasteiger partial charge in [0.25, 0.3) is 0 Å². The molecular weight excluding hydrogens is 576 g/mol. The van der Waals surface area contributed by atoms with Gasteiger partial charge in [-0.2, -0.15) is 0 Å². The van der Waals surface area contributed by atoms with Gasteiger partial charge in [0.2, 0.25) is 0 Å². The number of anilines is 1. The Labute approximate surface area is 274 Å². The van der Waals surface area contributed by atoms with Gasteiger partial charge in [0.05, 0.1) is 25.8 Å². The topological polar surface area (TPSA) is 92.8 Å². The van der Waals surface area contributed by atoms with Gasteiger partial charge >= 0.3 is 12.0 Å². The summed E-state index contributed by atoms with van der Waals surface area (Å²) in [5.74, 6) is 1.06. The van der Waals surface area contributed by atoms with Crippen molar-refractivity contribution >= 4 is 17.7 Å². The van der Waals surface area contributed by atoms with Gasteiger partial charge < -0.3 is 20.1 Å². The second-order valence-electron chi connectivity index (χ2n) is 13.3. The number of hydrogen-bond donors (Lipinski definition) is 2. The molecule has 0 bridgehead atoms. The van der Waals surface area contributed by atoms with E-state index in [1.54, 1.807) is 0 Å². The lowest BCUT2D eigenvalue weighted by atomic mass is 9.73. The molecule has 2 fully saturated rings. The van der Waals surface area contributed by atoms with Gasteiger partial charge in [-0.1, -0.05) is 83.4 Å². The van der Waals surface area contributed by atoms with Crippen LogP contribution in [-0.4, -0.2) is 54.7 Å². The number of hydrogen-bond acceptors (Lipinski definition) is 6. The van der Waals surface area contributed by atoms with Crippen LogP contribution < -0.4 is 15.4 Å². The second kappa shape index (κ2) is 16.2. The summed E-state index contributed by atoms with van der Waals surface area (Å²) in [6.45, 7) is 11.5. The minimum Gasteiger partial charge on any atom is -0.426 e. The van der Waals surface area contributed by atoms with Crippen molar-refractivity contribution in [1.29, 1.82) is 0 Å². The molecule has 1 saturated heterocycles. The molecule has 8 nitrogen and oxygen atoms in total. The van der Waals surface area contributed by atoms with Crippen LogP contribution in [0.5, 0.6) is 5.75 Å². The molecule has 2 amide bonds. The van der Waals surface area contributed by atoms with Crippen molar-refractivity contribution in [3.8, 4) is 5.75 Å². The number of carbonyl (C=O) groups excluding carboxylic acids is 2. The van der Waals surface area contributed by atoms with Crippen LogP contribution in [0.3, 0.4) is 0 Å². The zero-order valence-electron chi connectivity index (χ0n) is 27.8. The Hall–Kier alpha value is -3.75. The first-order valence-corrected chi connectivity index (χ1v) is 17.0. The zero-order valence-corrected chi connectivity index (χ0v) is 27.8. The van der Waals surface area contributed by atoms with E-state index < -0.39 is 0 Å². The summed E-state index contributed by atoms with van der Waals surface area (Å²) in [5, 5.41) is 6.68. The van der Waals surface area contributed by atoms with E-state index in [2.05, 4.69) is 62.6 Å². The molecule has 3 aromatic rings. The third-order valence-electron chi connectivity index (χ3n) is 9.37. The first-order chi connectivity index (χ1) is 22.3. The van der Waals surface area contributed by atoms with Crippen LogP contribution in [0.25, 0.3) is 0 Å². The number of urea groups is 1. The number of ether oxygens (including phenoxy) is 2. The summed E-state index contributed by atoms with van der Waals surface area (Å²) in [5.41, 5.74) is 5.06. The molecule has 2 atom stereocenters. The van der Waals surface area contributed by atoms with E-state index in [9.17, 15) is 9.59 Å². The van der Waals surface area contributed by atoms with Crippen molar-refractivity contribution in [2.75, 3.05) is 38.2 Å². The van der Waals surface area contributed by atoms with Gasteiger partial charge in [0, 0.05) is 36.6 Å². The number of morpholine rings is 1. The number of carbonyl (C=O) groups is 2. The van der Waals surface area contributed by atoms with E-state index in [1.165, 1.54) is 19.3 Å². The molecule has 46 heavy (non-hydrogen) atoms. The fourth-order valence-corrected chi connectivity index (χ4v) is 6.97. The van der Waals surface area contributed by atoms with E-state index in [-0.39, 0.29) is 42.3 Å². The fourth-order valence-electron chi connectivity index (χ4n) is 6.97. The zero-order chi connectivity index (χ0) is 32.5. The first-order valence-electron chi connectivity index (χ1n) is 17.0. The minimum absolute atomic E-state index is 0.0214. The molecule has 2 heterocycles. The Morgan fingerprint density at radius 3 is 2.17 bits per heavy atom. The quantitative estimate of drug-likeness (QED) is 0.167. The third-order valence-corrected chi connectivity index (χ3v) is 9.37. The molecule has 1 aliphatic carbocycles. The largest absolute Gasteiger partial charge is 0.426 e. The molecule has 246 valence electrons. The summed E-state index contributed by atoms with van der Waals surface area (Å²) in [6.07, 6.45) is 7.60. The number of nitrogens with zero attached hydrogens (tertiary/aromatic N) is 2. The Morgan fingerprint density at radius 2 is 1.57 bits per heavy atom. The van der Waals surface area contributed by atoms with Crippen LogP contribution in [0.1, 0.15) is 106 Å². The standard InChI is InChI=1S/C38H50N4O4/c1-26(2)31-13-10-14-32(27(3)4)37(31)41-38(44)40-36(35(28-11-6-5-7-12-28)33-15-8-9-20-39-33)29-16-18-30(19-17-29)46-34(43)25-42-21-23-45-24-22-42/h8-10,13-20,26-28,35-36H,5-7,11-12,21-25H2,1-4H3,(H2,40,41,44). The van der Waals surface area contributed by atoms with E-state index in [1.807, 2.05) is 47.5 Å². The molecular formula is C38H50N4O4. The van der Waals surface area contributed by atoms with Crippen molar-refractivity contribution in [3.63, 3.8) is 0 Å². The number of aromatic nitrogens is 1. The van der Waals surface area contributed by atoms with Crippen molar-refractivity contribution in [3.05, 3.63) is 89.2 Å². The summed E-state index contributed by atoms with van der Waals surface area (Å²) >= 11 is 0. The summed E-state index contributed by atoms with van der Waals surface area (Å²) < 4.78 is 11.1. The number of esters is 1. The molecule has 2 aliphatic rings. The Kier molecular flexibility index (Phi) is 11.8. The number of amides is 2. The highest BCUT2D eigenvalue weighted by Gasteiger charge is 2.35. The highest BCUT2D eigenvalue weighted by molar-refractivity contribution is 5.91. The lowest BCUT2D eigenvalue weighted by Gasteiger charge is -2.36. The molecule has 1 aromatic heterocycles. The number of rotatable bonds is 11. The predicted octanol–water partition coefficient (Wildman–Crippen LogP) is 7.79. The van der Waals surface area contributed by atoms with Crippen LogP contribution in [0.2, 0.25) is 0 Å². The number of benzene rings is 2. The molecule has 8 heteroatoms. The normalized spacial score (nSPS) is 17.4. The number of pyridine rings is 1. The van der Waals surface area contributed by atoms with E-state index >= 15 is 0 Å². The number of nitrogens with one attached hydrogen (secondary N) is 2. The summed E-state index contributed by atoms with van der Waals surface area (Å²) in [6, 6.07) is 19.4. The molecule has 5 rings (SSSR count). The lowest BCUT2D eigenvalue weighted by molar-refractivity contribution is -0.136. The SMILES string of the molecule is CC(C)c1cccc(C(C)C)c1NC(=O)NC(c1ccc(OC(=O)CN2CCOCC2)cc1)C(c1ccccn1)C1CCCCC1. The smallest absolute Gasteiger partial charge is 0.325 e. The van der Waals surface area contributed by atoms with Gasteiger partial charge in [-0.15, -0.1) is 0 Å². The molecule has 2 aromatic carbocycles. The average Bonchev–Trinajstić information content (AvgIpc) is 3.06. The van der Waals surface area contributed by atoms with Crippen LogP contribution in [0.4, 0.5) is 10.5 Å². The average molecular weight is 627 g/mol. The van der Waals surface area contributed by atoms with E-state index in [0.29, 0.717) is 24.9 Å². The van der Waals surface area contributed by atoms with Gasteiger partial charge in [-0.05, 0) is 71.6 Å². The van der Waals surface area contributed by atoms with Crippen molar-refractivity contribution in [1.82, 2.24) is 15.2 Å². The molecule has 1 saturated carbocycles. The van der Waals surface area contributed by atoms with Crippen LogP contribution >= 0.6 is 0 Å². The fraction of sp³-hybridized carbons (Fsp3) is 0.500. The summed E-state index contributed by atoms with van der Waals surface area (Å²) in [7, 11) is 0. The van der Waals surface area contributed by atoms with Crippen LogP contribution in [-0.2, 0) is 9.53 Å². The molecule has 1 aliphatic heterocycles. The first kappa shape index (κ1) is 33.6. The molecule has 0 spiro atoms. The third kappa shape index (κ3) is 8.74. The Balaban J connectivity index is 1.44. The maximum atomic E-state index is 14.0. The Morgan fingerprint density at radius 1 is 0.891 bits per heavy atom. The lowest BCUT2D eigenvalue weighted by Crippen LogP contribution is -2.40. The van der Waals surface area contributed by atoms with Crippen molar-refractivity contribution in [2.24, 2.45) is 5.92 Å². The maximum absolute atomic E-state index is 14.0. The van der Waals surface area contributed by atoms with Crippen LogP contribution in [0.15, 0.2) is 66.9 Å². The van der Waals surface area contributed by atoms with Crippen molar-refractivity contribution < 1.29 is 19.1 Å². The highest BCUT2D eigenvalue weighted by Crippen LogP contribution is 2.43. The number of para-hydroxylation sites is 1. The van der Waals surface area contributed by atoms with Gasteiger partial charge in [0.15, 0.2) is 0 Å². The predicted molar refractivity (Wildman–Crippen MR) is 182 cm³/mol. The van der Waals surface area contributed by atoms with Gasteiger partial charge in [-0.3, -0.25) is 14.7 Å².